The molecule has 0 atom stereocenters. The van der Waals surface area contributed by atoms with Crippen LogP contribution in [0.4, 0.5) is 8.78 Å². The highest BCUT2D eigenvalue weighted by molar-refractivity contribution is 5.83. The van der Waals surface area contributed by atoms with Gasteiger partial charge in [0.2, 0.25) is 0 Å². The van der Waals surface area contributed by atoms with Crippen LogP contribution in [0.25, 0.3) is 0 Å². The summed E-state index contributed by atoms with van der Waals surface area (Å²) < 4.78 is 26.2. The van der Waals surface area contributed by atoms with Crippen LogP contribution in [-0.2, 0) is 6.54 Å². The molecule has 0 aromatic heterocycles. The van der Waals surface area contributed by atoms with E-state index in [4.69, 9.17) is 5.73 Å². The second-order valence-electron chi connectivity index (χ2n) is 4.46. The van der Waals surface area contributed by atoms with Crippen LogP contribution in [0.1, 0.15) is 31.2 Å². The molecule has 0 aliphatic heterocycles. The minimum absolute atomic E-state index is 0.117. The summed E-state index contributed by atoms with van der Waals surface area (Å²) in [4.78, 5) is 4.17. The number of aliphatic imine (C=N–C) groups is 1. The molecule has 1 fully saturated rings. The fourth-order valence-corrected chi connectivity index (χ4v) is 2.19. The molecule has 4 heteroatoms. The number of hydrogen-bond donors (Lipinski definition) is 1. The Labute approximate surface area is 99.5 Å². The average Bonchev–Trinajstić information content (AvgIpc) is 2.83. The number of benzene rings is 1. The average molecular weight is 238 g/mol. The van der Waals surface area contributed by atoms with E-state index in [0.29, 0.717) is 11.8 Å². The first-order chi connectivity index (χ1) is 8.16. The smallest absolute Gasteiger partial charge is 0.128 e. The molecule has 1 saturated carbocycles. The van der Waals surface area contributed by atoms with Gasteiger partial charge in [0.15, 0.2) is 0 Å². The zero-order valence-corrected chi connectivity index (χ0v) is 9.63. The molecule has 92 valence electrons. The highest BCUT2D eigenvalue weighted by Gasteiger charge is 2.18. The Balaban J connectivity index is 2.05. The van der Waals surface area contributed by atoms with Crippen molar-refractivity contribution in [1.82, 2.24) is 0 Å². The molecular weight excluding hydrogens is 222 g/mol. The van der Waals surface area contributed by atoms with Crippen molar-refractivity contribution < 1.29 is 8.78 Å². The van der Waals surface area contributed by atoms with Gasteiger partial charge in [-0.1, -0.05) is 12.8 Å². The van der Waals surface area contributed by atoms with Gasteiger partial charge in [-0.05, 0) is 31.0 Å². The van der Waals surface area contributed by atoms with Gasteiger partial charge in [0, 0.05) is 11.5 Å². The normalized spacial score (nSPS) is 17.6. The van der Waals surface area contributed by atoms with Crippen LogP contribution in [0, 0.1) is 17.6 Å². The molecule has 1 aliphatic carbocycles. The third kappa shape index (κ3) is 3.02. The third-order valence-corrected chi connectivity index (χ3v) is 3.21. The van der Waals surface area contributed by atoms with E-state index in [1.807, 2.05) is 0 Å². The maximum Gasteiger partial charge on any atom is 0.128 e. The standard InChI is InChI=1S/C13H16F2N2/c14-11-5-6-12(15)10(7-11)8-17-13(16)9-3-1-2-4-9/h5-7,9H,1-4,8H2,(H2,16,17). The third-order valence-electron chi connectivity index (χ3n) is 3.21. The Morgan fingerprint density at radius 3 is 2.71 bits per heavy atom. The molecule has 1 aromatic carbocycles. The fraction of sp³-hybridized carbons (Fsp3) is 0.462. The van der Waals surface area contributed by atoms with Crippen LogP contribution < -0.4 is 5.73 Å². The van der Waals surface area contributed by atoms with Gasteiger partial charge in [-0.15, -0.1) is 0 Å². The molecule has 1 aliphatic rings. The summed E-state index contributed by atoms with van der Waals surface area (Å²) in [5.74, 6) is 0.0168. The number of hydrogen-bond acceptors (Lipinski definition) is 1. The van der Waals surface area contributed by atoms with Crippen molar-refractivity contribution in [1.29, 1.82) is 0 Å². The molecule has 0 saturated heterocycles. The van der Waals surface area contributed by atoms with Gasteiger partial charge in [-0.2, -0.15) is 0 Å². The second kappa shape index (κ2) is 5.25. The maximum atomic E-state index is 13.3. The van der Waals surface area contributed by atoms with E-state index < -0.39 is 11.6 Å². The lowest BCUT2D eigenvalue weighted by Gasteiger charge is -2.08. The van der Waals surface area contributed by atoms with Crippen LogP contribution in [0.3, 0.4) is 0 Å². The number of nitrogens with zero attached hydrogens (tertiary/aromatic N) is 1. The van der Waals surface area contributed by atoms with Crippen molar-refractivity contribution >= 4 is 5.84 Å². The topological polar surface area (TPSA) is 38.4 Å². The van der Waals surface area contributed by atoms with Gasteiger partial charge >= 0.3 is 0 Å². The summed E-state index contributed by atoms with van der Waals surface area (Å²) in [6.07, 6.45) is 4.46. The van der Waals surface area contributed by atoms with Crippen LogP contribution >= 0.6 is 0 Å². The van der Waals surface area contributed by atoms with E-state index in [1.54, 1.807) is 0 Å². The molecular formula is C13H16F2N2. The van der Waals surface area contributed by atoms with Crippen molar-refractivity contribution in [2.24, 2.45) is 16.6 Å². The van der Waals surface area contributed by atoms with E-state index in [1.165, 1.54) is 18.9 Å². The first-order valence-corrected chi connectivity index (χ1v) is 5.90. The molecule has 1 aromatic rings. The minimum atomic E-state index is -0.448. The zero-order valence-electron chi connectivity index (χ0n) is 9.63. The molecule has 2 nitrogen and oxygen atoms in total. The lowest BCUT2D eigenvalue weighted by Crippen LogP contribution is -2.21. The van der Waals surface area contributed by atoms with Crippen molar-refractivity contribution in [2.45, 2.75) is 32.2 Å². The maximum absolute atomic E-state index is 13.3. The fourth-order valence-electron chi connectivity index (χ4n) is 2.19. The van der Waals surface area contributed by atoms with Gasteiger partial charge in [0.1, 0.15) is 11.6 Å². The van der Waals surface area contributed by atoms with E-state index in [0.717, 1.165) is 25.0 Å². The first-order valence-electron chi connectivity index (χ1n) is 5.90. The Morgan fingerprint density at radius 1 is 1.29 bits per heavy atom. The predicted octanol–water partition coefficient (Wildman–Crippen LogP) is 3.01. The van der Waals surface area contributed by atoms with Gasteiger partial charge < -0.3 is 5.73 Å². The molecule has 0 heterocycles. The van der Waals surface area contributed by atoms with Crippen molar-refractivity contribution in [3.8, 4) is 0 Å². The quantitative estimate of drug-likeness (QED) is 0.638. The molecule has 2 N–H and O–H groups in total. The van der Waals surface area contributed by atoms with Crippen LogP contribution in [0.2, 0.25) is 0 Å². The molecule has 0 bridgehead atoms. The second-order valence-corrected chi connectivity index (χ2v) is 4.46. The first kappa shape index (κ1) is 12.0. The number of halogens is 2. The Hall–Kier alpha value is -1.45. The lowest BCUT2D eigenvalue weighted by molar-refractivity contribution is 0.585. The van der Waals surface area contributed by atoms with E-state index >= 15 is 0 Å². The molecule has 0 amide bonds. The lowest BCUT2D eigenvalue weighted by atomic mass is 10.1. The SMILES string of the molecule is NC(=NCc1cc(F)ccc1F)C1CCCC1. The Kier molecular flexibility index (Phi) is 3.71. The monoisotopic (exact) mass is 238 g/mol. The molecule has 2 rings (SSSR count). The van der Waals surface area contributed by atoms with E-state index in [-0.39, 0.29) is 12.1 Å². The largest absolute Gasteiger partial charge is 0.387 e. The van der Waals surface area contributed by atoms with Crippen LogP contribution in [-0.4, -0.2) is 5.84 Å². The van der Waals surface area contributed by atoms with Crippen molar-refractivity contribution in [3.05, 3.63) is 35.4 Å². The summed E-state index contributed by atoms with van der Waals surface area (Å²) in [6.45, 7) is 0.117. The van der Waals surface area contributed by atoms with Crippen LogP contribution in [0.15, 0.2) is 23.2 Å². The summed E-state index contributed by atoms with van der Waals surface area (Å²) in [6, 6.07) is 3.38. The number of amidine groups is 1. The van der Waals surface area contributed by atoms with Gasteiger partial charge in [-0.3, -0.25) is 4.99 Å². The molecule has 0 unspecified atom stereocenters. The van der Waals surface area contributed by atoms with Gasteiger partial charge in [0.05, 0.1) is 12.4 Å². The zero-order chi connectivity index (χ0) is 12.3. The van der Waals surface area contributed by atoms with E-state index in [9.17, 15) is 8.78 Å². The van der Waals surface area contributed by atoms with Crippen molar-refractivity contribution in [2.75, 3.05) is 0 Å². The predicted molar refractivity (Wildman–Crippen MR) is 63.6 cm³/mol. The Bertz CT molecular complexity index is 423. The molecule has 0 radical (unpaired) electrons. The summed E-state index contributed by atoms with van der Waals surface area (Å²) in [5, 5.41) is 0. The molecule has 17 heavy (non-hydrogen) atoms. The summed E-state index contributed by atoms with van der Waals surface area (Å²) in [5.41, 5.74) is 6.10. The van der Waals surface area contributed by atoms with Crippen molar-refractivity contribution in [3.63, 3.8) is 0 Å². The number of rotatable bonds is 3. The highest BCUT2D eigenvalue weighted by atomic mass is 19.1. The van der Waals surface area contributed by atoms with Crippen LogP contribution in [0.5, 0.6) is 0 Å². The summed E-state index contributed by atoms with van der Waals surface area (Å²) in [7, 11) is 0. The highest BCUT2D eigenvalue weighted by Crippen LogP contribution is 2.25. The minimum Gasteiger partial charge on any atom is -0.387 e. The van der Waals surface area contributed by atoms with Gasteiger partial charge in [0.25, 0.3) is 0 Å². The Morgan fingerprint density at radius 2 is 2.00 bits per heavy atom. The number of nitrogens with two attached hydrogens (primary N) is 1. The molecule has 0 spiro atoms. The van der Waals surface area contributed by atoms with E-state index in [2.05, 4.69) is 4.99 Å². The summed E-state index contributed by atoms with van der Waals surface area (Å²) >= 11 is 0. The van der Waals surface area contributed by atoms with Gasteiger partial charge in [-0.25, -0.2) is 8.78 Å².